The van der Waals surface area contributed by atoms with Crippen molar-refractivity contribution in [3.8, 4) is 0 Å². The van der Waals surface area contributed by atoms with Gasteiger partial charge >= 0.3 is 0 Å². The first-order chi connectivity index (χ1) is 10.2. The third-order valence-electron chi connectivity index (χ3n) is 4.25. The van der Waals surface area contributed by atoms with Crippen molar-refractivity contribution in [1.29, 1.82) is 0 Å². The van der Waals surface area contributed by atoms with Crippen molar-refractivity contribution in [1.82, 2.24) is 9.88 Å². The van der Waals surface area contributed by atoms with E-state index in [0.717, 1.165) is 10.9 Å². The predicted octanol–water partition coefficient (Wildman–Crippen LogP) is 0.889. The maximum atomic E-state index is 12.1. The smallest absolute Gasteiger partial charge is 0.240 e. The zero-order valence-electron chi connectivity index (χ0n) is 11.8. The molecule has 2 aromatic rings. The number of fused-ring (bicyclic) bond motifs is 1. The van der Waals surface area contributed by atoms with E-state index in [4.69, 9.17) is 5.11 Å². The summed E-state index contributed by atoms with van der Waals surface area (Å²) >= 11 is 0. The first-order valence-corrected chi connectivity index (χ1v) is 7.29. The van der Waals surface area contributed by atoms with Crippen LogP contribution in [0.1, 0.15) is 12.8 Å². The highest BCUT2D eigenvalue weighted by Gasteiger charge is 2.33. The lowest BCUT2D eigenvalue weighted by Gasteiger charge is -2.13. The number of amides is 1. The molecule has 5 nitrogen and oxygen atoms in total. The number of aliphatic hydroxyl groups excluding tert-OH is 2. The third kappa shape index (κ3) is 2.94. The molecule has 0 spiro atoms. The van der Waals surface area contributed by atoms with E-state index in [1.807, 2.05) is 41.1 Å². The molecule has 3 rings (SSSR count). The minimum absolute atomic E-state index is 0.0320. The molecule has 0 aliphatic heterocycles. The van der Waals surface area contributed by atoms with E-state index in [9.17, 15) is 9.90 Å². The van der Waals surface area contributed by atoms with Crippen LogP contribution in [0.3, 0.4) is 0 Å². The topological polar surface area (TPSA) is 74.5 Å². The number of aromatic nitrogens is 1. The van der Waals surface area contributed by atoms with E-state index >= 15 is 0 Å². The molecular weight excluding hydrogens is 268 g/mol. The molecule has 1 amide bonds. The van der Waals surface area contributed by atoms with Crippen LogP contribution in [0.5, 0.6) is 0 Å². The third-order valence-corrected chi connectivity index (χ3v) is 4.25. The van der Waals surface area contributed by atoms with Crippen molar-refractivity contribution in [3.63, 3.8) is 0 Å². The second kappa shape index (κ2) is 5.87. The molecule has 0 saturated heterocycles. The van der Waals surface area contributed by atoms with Crippen molar-refractivity contribution < 1.29 is 15.0 Å². The largest absolute Gasteiger partial charge is 0.396 e. The number of carbonyl (C=O) groups is 1. The lowest BCUT2D eigenvalue weighted by Crippen LogP contribution is -2.35. The second-order valence-electron chi connectivity index (χ2n) is 5.75. The van der Waals surface area contributed by atoms with Crippen LogP contribution < -0.4 is 5.32 Å². The number of carbonyl (C=O) groups excluding carboxylic acids is 1. The van der Waals surface area contributed by atoms with E-state index < -0.39 is 6.10 Å². The highest BCUT2D eigenvalue weighted by Crippen LogP contribution is 2.25. The summed E-state index contributed by atoms with van der Waals surface area (Å²) in [7, 11) is 0. The van der Waals surface area contributed by atoms with Gasteiger partial charge in [0.1, 0.15) is 6.54 Å². The average molecular weight is 288 g/mol. The maximum Gasteiger partial charge on any atom is 0.240 e. The number of rotatable bonds is 4. The molecule has 1 aromatic carbocycles. The zero-order valence-corrected chi connectivity index (χ0v) is 11.8. The molecule has 3 atom stereocenters. The van der Waals surface area contributed by atoms with Gasteiger partial charge in [0, 0.05) is 30.3 Å². The van der Waals surface area contributed by atoms with Gasteiger partial charge in [-0.25, -0.2) is 0 Å². The number of nitrogens with one attached hydrogen (secondary N) is 1. The van der Waals surface area contributed by atoms with Crippen LogP contribution in [0.15, 0.2) is 36.5 Å². The van der Waals surface area contributed by atoms with E-state index in [0.29, 0.717) is 12.8 Å². The summed E-state index contributed by atoms with van der Waals surface area (Å²) in [4.78, 5) is 12.1. The fourth-order valence-electron chi connectivity index (χ4n) is 3.12. The number of hydrogen-bond acceptors (Lipinski definition) is 3. The Morgan fingerprint density at radius 2 is 2.10 bits per heavy atom. The SMILES string of the molecule is O=C(Cn1ccc2ccccc21)NC1CC(O)C(CO)C1. The Labute approximate surface area is 123 Å². The molecule has 0 radical (unpaired) electrons. The molecule has 1 saturated carbocycles. The maximum absolute atomic E-state index is 12.1. The average Bonchev–Trinajstić information content (AvgIpc) is 3.03. The molecule has 1 heterocycles. The Bertz CT molecular complexity index is 637. The standard InChI is InChI=1S/C16H20N2O3/c19-10-12-7-13(8-15(12)20)17-16(21)9-18-6-5-11-3-1-2-4-14(11)18/h1-6,12-13,15,19-20H,7-10H2,(H,17,21). The first-order valence-electron chi connectivity index (χ1n) is 7.29. The van der Waals surface area contributed by atoms with Gasteiger partial charge in [0.25, 0.3) is 0 Å². The molecule has 1 aliphatic carbocycles. The van der Waals surface area contributed by atoms with Crippen LogP contribution in [-0.4, -0.2) is 39.4 Å². The van der Waals surface area contributed by atoms with E-state index in [1.165, 1.54) is 0 Å². The summed E-state index contributed by atoms with van der Waals surface area (Å²) in [6.45, 7) is 0.236. The molecule has 21 heavy (non-hydrogen) atoms. The van der Waals surface area contributed by atoms with Gasteiger partial charge in [-0.05, 0) is 30.4 Å². The Balaban J connectivity index is 1.62. The van der Waals surface area contributed by atoms with Crippen LogP contribution in [0.4, 0.5) is 0 Å². The van der Waals surface area contributed by atoms with Crippen molar-refractivity contribution in [2.45, 2.75) is 31.5 Å². The summed E-state index contributed by atoms with van der Waals surface area (Å²) in [5.74, 6) is -0.185. The summed E-state index contributed by atoms with van der Waals surface area (Å²) in [6, 6.07) is 9.88. The fourth-order valence-corrected chi connectivity index (χ4v) is 3.12. The molecule has 5 heteroatoms. The van der Waals surface area contributed by atoms with Gasteiger partial charge in [-0.3, -0.25) is 4.79 Å². The Morgan fingerprint density at radius 1 is 1.29 bits per heavy atom. The van der Waals surface area contributed by atoms with Crippen LogP contribution in [-0.2, 0) is 11.3 Å². The summed E-state index contributed by atoms with van der Waals surface area (Å²) < 4.78 is 1.92. The molecule has 1 fully saturated rings. The number of hydrogen-bond donors (Lipinski definition) is 3. The minimum atomic E-state index is -0.521. The van der Waals surface area contributed by atoms with Gasteiger partial charge in [-0.1, -0.05) is 18.2 Å². The van der Waals surface area contributed by atoms with Gasteiger partial charge in [0.2, 0.25) is 5.91 Å². The van der Waals surface area contributed by atoms with E-state index in [1.54, 1.807) is 0 Å². The molecule has 3 N–H and O–H groups in total. The second-order valence-corrected chi connectivity index (χ2v) is 5.75. The summed E-state index contributed by atoms with van der Waals surface area (Å²) in [5.41, 5.74) is 1.03. The minimum Gasteiger partial charge on any atom is -0.396 e. The van der Waals surface area contributed by atoms with Gasteiger partial charge in [0.15, 0.2) is 0 Å². The van der Waals surface area contributed by atoms with Gasteiger partial charge in [-0.15, -0.1) is 0 Å². The normalized spacial score (nSPS) is 25.3. The predicted molar refractivity (Wildman–Crippen MR) is 79.7 cm³/mol. The van der Waals surface area contributed by atoms with Crippen LogP contribution in [0, 0.1) is 5.92 Å². The van der Waals surface area contributed by atoms with Crippen molar-refractivity contribution >= 4 is 16.8 Å². The molecule has 1 aromatic heterocycles. The van der Waals surface area contributed by atoms with Crippen molar-refractivity contribution in [2.75, 3.05) is 6.61 Å². The van der Waals surface area contributed by atoms with Crippen LogP contribution in [0.25, 0.3) is 10.9 Å². The van der Waals surface area contributed by atoms with Crippen molar-refractivity contribution in [2.24, 2.45) is 5.92 Å². The van der Waals surface area contributed by atoms with Gasteiger partial charge in [0.05, 0.1) is 6.10 Å². The van der Waals surface area contributed by atoms with Gasteiger partial charge < -0.3 is 20.1 Å². The Hall–Kier alpha value is -1.85. The lowest BCUT2D eigenvalue weighted by atomic mass is 10.1. The monoisotopic (exact) mass is 288 g/mol. The van der Waals surface area contributed by atoms with E-state index in [-0.39, 0.29) is 31.0 Å². The number of benzene rings is 1. The number of nitrogens with zero attached hydrogens (tertiary/aromatic N) is 1. The molecule has 1 aliphatic rings. The van der Waals surface area contributed by atoms with Crippen molar-refractivity contribution in [3.05, 3.63) is 36.5 Å². The number of aliphatic hydroxyl groups is 2. The summed E-state index contributed by atoms with van der Waals surface area (Å²) in [6.07, 6.45) is 2.54. The van der Waals surface area contributed by atoms with E-state index in [2.05, 4.69) is 5.32 Å². The highest BCUT2D eigenvalue weighted by atomic mass is 16.3. The molecule has 3 unspecified atom stereocenters. The molecule has 112 valence electrons. The zero-order chi connectivity index (χ0) is 14.8. The van der Waals surface area contributed by atoms with Crippen LogP contribution >= 0.6 is 0 Å². The lowest BCUT2D eigenvalue weighted by molar-refractivity contribution is -0.122. The highest BCUT2D eigenvalue weighted by molar-refractivity contribution is 5.83. The number of para-hydroxylation sites is 1. The molecule has 0 bridgehead atoms. The first kappa shape index (κ1) is 14.1. The molecular formula is C16H20N2O3. The van der Waals surface area contributed by atoms with Crippen LogP contribution in [0.2, 0.25) is 0 Å². The van der Waals surface area contributed by atoms with Gasteiger partial charge in [-0.2, -0.15) is 0 Å². The Kier molecular flexibility index (Phi) is 3.94. The summed E-state index contributed by atoms with van der Waals surface area (Å²) in [5, 5.41) is 22.9. The quantitative estimate of drug-likeness (QED) is 0.782. The Morgan fingerprint density at radius 3 is 2.86 bits per heavy atom. The fraction of sp³-hybridized carbons (Fsp3) is 0.438.